The Labute approximate surface area is 129 Å². The average Bonchev–Trinajstić information content (AvgIpc) is 3.14. The lowest BCUT2D eigenvalue weighted by Gasteiger charge is -2.31. The highest BCUT2D eigenvalue weighted by atomic mass is 32.1. The van der Waals surface area contributed by atoms with Gasteiger partial charge in [0.25, 0.3) is 0 Å². The van der Waals surface area contributed by atoms with E-state index in [1.165, 1.54) is 19.3 Å². The summed E-state index contributed by atoms with van der Waals surface area (Å²) in [6, 6.07) is 3.95. The van der Waals surface area contributed by atoms with Crippen molar-refractivity contribution in [3.05, 3.63) is 28.5 Å². The zero-order valence-electron chi connectivity index (χ0n) is 12.0. The maximum Gasteiger partial charge on any atom is 0.244 e. The highest BCUT2D eigenvalue weighted by Gasteiger charge is 2.42. The summed E-state index contributed by atoms with van der Waals surface area (Å²) in [6.07, 6.45) is 8.94. The van der Waals surface area contributed by atoms with Gasteiger partial charge in [-0.3, -0.25) is 4.79 Å². The van der Waals surface area contributed by atoms with Gasteiger partial charge >= 0.3 is 0 Å². The zero-order valence-corrected chi connectivity index (χ0v) is 12.9. The van der Waals surface area contributed by atoms with Gasteiger partial charge in [-0.1, -0.05) is 12.5 Å². The van der Waals surface area contributed by atoms with Crippen molar-refractivity contribution < 1.29 is 14.3 Å². The first-order valence-electron chi connectivity index (χ1n) is 7.57. The summed E-state index contributed by atoms with van der Waals surface area (Å²) >= 11 is 1.61. The van der Waals surface area contributed by atoms with Gasteiger partial charge in [0.2, 0.25) is 5.91 Å². The van der Waals surface area contributed by atoms with E-state index in [2.05, 4.69) is 5.32 Å². The Morgan fingerprint density at radius 3 is 3.05 bits per heavy atom. The molecule has 1 aliphatic carbocycles. The highest BCUT2D eigenvalue weighted by molar-refractivity contribution is 7.10. The van der Waals surface area contributed by atoms with Crippen molar-refractivity contribution in [2.75, 3.05) is 13.2 Å². The van der Waals surface area contributed by atoms with Crippen LogP contribution in [-0.2, 0) is 14.3 Å². The van der Waals surface area contributed by atoms with Crippen LogP contribution in [0.1, 0.15) is 37.0 Å². The van der Waals surface area contributed by atoms with Gasteiger partial charge < -0.3 is 14.8 Å². The molecule has 1 saturated heterocycles. The molecule has 0 unspecified atom stereocenters. The molecule has 4 nitrogen and oxygen atoms in total. The van der Waals surface area contributed by atoms with Gasteiger partial charge in [0.05, 0.1) is 6.61 Å². The van der Waals surface area contributed by atoms with Crippen molar-refractivity contribution in [2.45, 2.75) is 44.0 Å². The highest BCUT2D eigenvalue weighted by Crippen LogP contribution is 2.37. The standard InChI is InChI=1S/C16H21NO3S/c18-15(7-6-14-5-4-10-21-14)17-11-13-12-19-16(20-13)8-2-1-3-9-16/h4-7,10,13H,1-3,8-9,11-12H2,(H,17,18)/b7-6+/t13-/m1/s1. The average molecular weight is 307 g/mol. The Balaban J connectivity index is 1.42. The Hall–Kier alpha value is -1.17. The Kier molecular flexibility index (Phi) is 4.73. The third-order valence-corrected chi connectivity index (χ3v) is 4.81. The molecule has 5 heteroatoms. The van der Waals surface area contributed by atoms with Crippen molar-refractivity contribution in [2.24, 2.45) is 0 Å². The summed E-state index contributed by atoms with van der Waals surface area (Å²) in [5.41, 5.74) is 0. The molecule has 21 heavy (non-hydrogen) atoms. The van der Waals surface area contributed by atoms with Crippen LogP contribution in [-0.4, -0.2) is 30.9 Å². The van der Waals surface area contributed by atoms with E-state index >= 15 is 0 Å². The van der Waals surface area contributed by atoms with Crippen molar-refractivity contribution >= 4 is 23.3 Å². The molecule has 2 aliphatic rings. The monoisotopic (exact) mass is 307 g/mol. The van der Waals surface area contributed by atoms with Crippen LogP contribution in [0.3, 0.4) is 0 Å². The third kappa shape index (κ3) is 3.93. The molecule has 1 N–H and O–H groups in total. The first-order valence-corrected chi connectivity index (χ1v) is 8.45. The first kappa shape index (κ1) is 14.8. The van der Waals surface area contributed by atoms with E-state index in [1.54, 1.807) is 17.4 Å². The lowest BCUT2D eigenvalue weighted by molar-refractivity contribution is -0.186. The minimum atomic E-state index is -0.361. The number of amides is 1. The Morgan fingerprint density at radius 1 is 1.43 bits per heavy atom. The third-order valence-electron chi connectivity index (χ3n) is 3.98. The minimum Gasteiger partial charge on any atom is -0.350 e. The van der Waals surface area contributed by atoms with Crippen LogP contribution in [0, 0.1) is 0 Å². The van der Waals surface area contributed by atoms with Gasteiger partial charge in [-0.2, -0.15) is 0 Å². The smallest absolute Gasteiger partial charge is 0.244 e. The summed E-state index contributed by atoms with van der Waals surface area (Å²) < 4.78 is 11.9. The maximum absolute atomic E-state index is 11.8. The molecule has 0 aromatic carbocycles. The van der Waals surface area contributed by atoms with E-state index < -0.39 is 0 Å². The second-order valence-electron chi connectivity index (χ2n) is 5.62. The van der Waals surface area contributed by atoms with Gasteiger partial charge in [-0.05, 0) is 30.4 Å². The van der Waals surface area contributed by atoms with E-state index in [1.807, 2.05) is 23.6 Å². The molecule has 1 atom stereocenters. The fourth-order valence-electron chi connectivity index (χ4n) is 2.89. The molecular weight excluding hydrogens is 286 g/mol. The fourth-order valence-corrected chi connectivity index (χ4v) is 3.51. The molecular formula is C16H21NO3S. The molecule has 0 radical (unpaired) electrons. The molecule has 1 aromatic heterocycles. The SMILES string of the molecule is O=C(/C=C/c1cccs1)NC[C@@H]1COC2(CCCCC2)O1. The molecule has 1 spiro atoms. The molecule has 2 heterocycles. The van der Waals surface area contributed by atoms with E-state index in [4.69, 9.17) is 9.47 Å². The van der Waals surface area contributed by atoms with Crippen LogP contribution in [0.15, 0.2) is 23.6 Å². The number of hydrogen-bond acceptors (Lipinski definition) is 4. The van der Waals surface area contributed by atoms with Gasteiger partial charge in [0.15, 0.2) is 5.79 Å². The molecule has 0 bridgehead atoms. The van der Waals surface area contributed by atoms with Gasteiger partial charge in [-0.25, -0.2) is 0 Å². The van der Waals surface area contributed by atoms with Crippen molar-refractivity contribution in [1.82, 2.24) is 5.32 Å². The summed E-state index contributed by atoms with van der Waals surface area (Å²) in [4.78, 5) is 12.8. The maximum atomic E-state index is 11.8. The summed E-state index contributed by atoms with van der Waals surface area (Å²) in [7, 11) is 0. The number of hydrogen-bond donors (Lipinski definition) is 1. The van der Waals surface area contributed by atoms with Crippen LogP contribution in [0.2, 0.25) is 0 Å². The second-order valence-corrected chi connectivity index (χ2v) is 6.60. The largest absolute Gasteiger partial charge is 0.350 e. The van der Waals surface area contributed by atoms with Gasteiger partial charge in [-0.15, -0.1) is 11.3 Å². The molecule has 114 valence electrons. The molecule has 3 rings (SSSR count). The number of rotatable bonds is 4. The van der Waals surface area contributed by atoms with Crippen molar-refractivity contribution in [1.29, 1.82) is 0 Å². The van der Waals surface area contributed by atoms with Crippen LogP contribution >= 0.6 is 11.3 Å². The van der Waals surface area contributed by atoms with Crippen LogP contribution < -0.4 is 5.32 Å². The van der Waals surface area contributed by atoms with Crippen LogP contribution in [0.25, 0.3) is 6.08 Å². The topological polar surface area (TPSA) is 47.6 Å². The first-order chi connectivity index (χ1) is 10.3. The van der Waals surface area contributed by atoms with Crippen LogP contribution in [0.4, 0.5) is 0 Å². The Morgan fingerprint density at radius 2 is 2.29 bits per heavy atom. The minimum absolute atomic E-state index is 0.0258. The predicted molar refractivity (Wildman–Crippen MR) is 83.0 cm³/mol. The lowest BCUT2D eigenvalue weighted by Crippen LogP contribution is -2.36. The predicted octanol–water partition coefficient (Wildman–Crippen LogP) is 2.95. The number of carbonyl (C=O) groups is 1. The van der Waals surface area contributed by atoms with Gasteiger partial charge in [0, 0.05) is 30.3 Å². The normalized spacial score (nSPS) is 24.7. The van der Waals surface area contributed by atoms with E-state index in [0.717, 1.165) is 17.7 Å². The fraction of sp³-hybridized carbons (Fsp3) is 0.562. The molecule has 1 aliphatic heterocycles. The van der Waals surface area contributed by atoms with Crippen molar-refractivity contribution in [3.8, 4) is 0 Å². The van der Waals surface area contributed by atoms with Crippen molar-refractivity contribution in [3.63, 3.8) is 0 Å². The number of thiophene rings is 1. The number of nitrogens with one attached hydrogen (secondary N) is 1. The molecule has 2 fully saturated rings. The second kappa shape index (κ2) is 6.73. The zero-order chi connectivity index (χ0) is 14.5. The number of carbonyl (C=O) groups excluding carboxylic acids is 1. The summed E-state index contributed by atoms with van der Waals surface area (Å²) in [5.74, 6) is -0.447. The van der Waals surface area contributed by atoms with E-state index in [9.17, 15) is 4.79 Å². The lowest BCUT2D eigenvalue weighted by atomic mass is 9.94. The molecule has 1 saturated carbocycles. The van der Waals surface area contributed by atoms with Crippen LogP contribution in [0.5, 0.6) is 0 Å². The summed E-state index contributed by atoms with van der Waals surface area (Å²) in [6.45, 7) is 1.09. The molecule has 1 amide bonds. The Bertz CT molecular complexity index is 492. The molecule has 1 aromatic rings. The van der Waals surface area contributed by atoms with Gasteiger partial charge in [0.1, 0.15) is 6.10 Å². The van der Waals surface area contributed by atoms with E-state index in [0.29, 0.717) is 13.2 Å². The summed E-state index contributed by atoms with van der Waals surface area (Å²) in [5, 5.41) is 4.87. The quantitative estimate of drug-likeness (QED) is 0.870. The number of ether oxygens (including phenoxy) is 2. The van der Waals surface area contributed by atoms with E-state index in [-0.39, 0.29) is 17.8 Å².